The highest BCUT2D eigenvalue weighted by atomic mass is 35.5. The second-order valence-electron chi connectivity index (χ2n) is 42.9. The van der Waals surface area contributed by atoms with Crippen LogP contribution in [0.25, 0.3) is 0 Å². The average Bonchev–Trinajstić information content (AvgIpc) is 1.68. The molecule has 0 saturated carbocycles. The number of nitrogen functional groups attached to an aromatic ring is 6. The lowest BCUT2D eigenvalue weighted by Gasteiger charge is -2.21. The molecule has 0 aliphatic heterocycles. The molecular formula is C118H143Cl3F3N9O8S4. The third-order valence-corrected chi connectivity index (χ3v) is 30.2. The summed E-state index contributed by atoms with van der Waals surface area (Å²) < 4.78 is 66.9. The van der Waals surface area contributed by atoms with E-state index >= 15 is 0 Å². The van der Waals surface area contributed by atoms with Crippen molar-refractivity contribution < 1.29 is 50.4 Å². The van der Waals surface area contributed by atoms with E-state index in [0.29, 0.717) is 96.7 Å². The van der Waals surface area contributed by atoms with Crippen molar-refractivity contribution in [3.63, 3.8) is 0 Å². The molecule has 0 saturated heterocycles. The molecule has 0 radical (unpaired) electrons. The van der Waals surface area contributed by atoms with E-state index in [0.717, 1.165) is 93.3 Å². The summed E-state index contributed by atoms with van der Waals surface area (Å²) in [6, 6.07) is 74.8. The molecule has 13 rings (SSSR count). The second kappa shape index (κ2) is 52.1. The standard InChI is InChI=1S/C20H22F3NO.C19H22ClNO.C19H23NO.C18H22ClNO2S.C16H19ClN2OS.C16H20N2OS.C10H15NOS/c1-19(2,3)15-10-14(11-16(24)12-15)18(25)9-8-13-6-4-5-7-17(13)20(21,22)23;1-19(2,3)15-10-14(11-16(21)12-15)18(22)9-8-13-6-4-5-7-17(13)20;1-19(2,3)16-11-15(12-17(20)13-16)18(21)10-9-14-7-5-4-6-8-14;1-13-9-15(18(2,3)4)11-16(10-13)23(21,22)20-12-14-7-5-6-8-17(14)19;1-16(2,3)14-12(18)8-13(21-14)15(20)19-9-10-6-4-5-7-11(10)17;1-16(2,3)14-12(17)9-13(20-14)15(19)18-10-11-7-5-4-6-8-11;1-6(12)8-5-7(11)9(13-8)10(2,3)4/h4-7,10-12H,8-9,24H2,1-3H3;4-7,10-12H,8-9,21H2,1-3H3;4-8,11-13H,9-10,20H2,1-3H3;5-11,20H,12H2,1-4H3;4-8H,9,18H2,1-3H3,(H,19,20);4-9H,10,17H2,1-3H3,(H,18,19);5H,11H2,1-4H3. The van der Waals surface area contributed by atoms with Crippen LogP contribution in [0.2, 0.25) is 15.1 Å². The Morgan fingerprint density at radius 3 is 0.993 bits per heavy atom. The lowest BCUT2D eigenvalue weighted by atomic mass is 9.85. The summed E-state index contributed by atoms with van der Waals surface area (Å²) in [6.45, 7) is 48.3. The molecule has 13 aromatic rings. The molecule has 0 atom stereocenters. The van der Waals surface area contributed by atoms with Gasteiger partial charge in [0.2, 0.25) is 10.0 Å². The van der Waals surface area contributed by atoms with E-state index in [9.17, 15) is 50.4 Å². The van der Waals surface area contributed by atoms with Crippen LogP contribution < -0.4 is 49.8 Å². The van der Waals surface area contributed by atoms with Gasteiger partial charge in [-0.2, -0.15) is 13.2 Å². The SMILES string of the molecule is CC(=O)c1cc(N)c(C(C)(C)C)s1.CC(C)(C)c1cc(N)cc(C(=O)CCc2ccccc2)c1.CC(C)(C)c1cc(N)cc(C(=O)CCc2ccccc2C(F)(F)F)c1.CC(C)(C)c1cc(N)cc(C(=O)CCc2ccccc2Cl)c1.CC(C)(C)c1sc(C(=O)NCc2ccccc2)cc1N.CC(C)(C)c1sc(C(=O)NCc2ccccc2Cl)cc1N.Cc1cc(C(C)(C)C)cc(S(=O)(=O)NCc2ccccc2Cl)c1. The summed E-state index contributed by atoms with van der Waals surface area (Å²) in [6.07, 6.45) is -2.05. The number of hydrogen-bond acceptors (Lipinski definition) is 17. The molecule has 2 amide bonds. The Hall–Kier alpha value is -11.7. The monoisotopic (exact) mass is 2100 g/mol. The molecule has 17 nitrogen and oxygen atoms in total. The van der Waals surface area contributed by atoms with E-state index in [4.69, 9.17) is 69.2 Å². The average molecular weight is 2110 g/mol. The third-order valence-electron chi connectivity index (χ3n) is 22.9. The highest BCUT2D eigenvalue weighted by Gasteiger charge is 2.34. The molecular weight excluding hydrogens is 1960 g/mol. The Kier molecular flexibility index (Phi) is 43.2. The minimum atomic E-state index is -4.42. The molecule has 0 aliphatic rings. The lowest BCUT2D eigenvalue weighted by Crippen LogP contribution is -2.24. The van der Waals surface area contributed by atoms with Gasteiger partial charge in [-0.3, -0.25) is 28.8 Å². The van der Waals surface area contributed by atoms with E-state index < -0.39 is 21.8 Å². The number of aryl methyl sites for hydroxylation is 4. The van der Waals surface area contributed by atoms with Crippen LogP contribution in [-0.2, 0) is 93.0 Å². The van der Waals surface area contributed by atoms with Gasteiger partial charge in [0.05, 0.1) is 25.1 Å². The minimum Gasteiger partial charge on any atom is -0.399 e. The summed E-state index contributed by atoms with van der Waals surface area (Å²) in [5.74, 6) is -0.0699. The number of ketones is 4. The molecule has 145 heavy (non-hydrogen) atoms. The van der Waals surface area contributed by atoms with Crippen molar-refractivity contribution >= 4 is 148 Å². The molecule has 0 fully saturated rings. The Balaban J connectivity index is 0.000000231. The Labute approximate surface area is 884 Å². The van der Waals surface area contributed by atoms with Gasteiger partial charge >= 0.3 is 6.18 Å². The summed E-state index contributed by atoms with van der Waals surface area (Å²) >= 11 is 22.7. The van der Waals surface area contributed by atoms with Crippen molar-refractivity contribution in [3.8, 4) is 0 Å². The van der Waals surface area contributed by atoms with Crippen molar-refractivity contribution in [2.24, 2.45) is 0 Å². The number of alkyl halides is 3. The van der Waals surface area contributed by atoms with E-state index in [-0.39, 0.29) is 103 Å². The zero-order valence-electron chi connectivity index (χ0n) is 87.7. The predicted octanol–water partition coefficient (Wildman–Crippen LogP) is 29.8. The van der Waals surface area contributed by atoms with Gasteiger partial charge in [-0.15, -0.1) is 34.0 Å². The third kappa shape index (κ3) is 38.6. The van der Waals surface area contributed by atoms with E-state index in [1.54, 1.807) is 73.7 Å². The maximum absolute atomic E-state index is 13.0. The van der Waals surface area contributed by atoms with Crippen LogP contribution in [0.1, 0.15) is 313 Å². The summed E-state index contributed by atoms with van der Waals surface area (Å²) in [5.41, 5.74) is 50.3. The number of carbonyl (C=O) groups excluding carboxylic acids is 6. The molecule has 15 N–H and O–H groups in total. The summed E-state index contributed by atoms with van der Waals surface area (Å²) in [7, 11) is -3.59. The summed E-state index contributed by atoms with van der Waals surface area (Å²) in [4.78, 5) is 78.3. The van der Waals surface area contributed by atoms with Crippen LogP contribution in [0.4, 0.5) is 47.3 Å². The predicted molar refractivity (Wildman–Crippen MR) is 604 cm³/mol. The number of nitrogens with two attached hydrogens (primary N) is 6. The molecule has 774 valence electrons. The maximum atomic E-state index is 13.0. The van der Waals surface area contributed by atoms with Gasteiger partial charge in [-0.25, -0.2) is 13.1 Å². The van der Waals surface area contributed by atoms with Gasteiger partial charge in [0, 0.05) is 119 Å². The van der Waals surface area contributed by atoms with Crippen LogP contribution >= 0.6 is 68.8 Å². The number of benzene rings is 10. The number of sulfonamides is 1. The van der Waals surface area contributed by atoms with Gasteiger partial charge < -0.3 is 45.0 Å². The molecule has 0 spiro atoms. The number of amides is 2. The van der Waals surface area contributed by atoms with E-state index in [1.807, 2.05) is 191 Å². The van der Waals surface area contributed by atoms with Crippen molar-refractivity contribution in [3.05, 3.63) is 377 Å². The van der Waals surface area contributed by atoms with Crippen molar-refractivity contribution in [1.29, 1.82) is 0 Å². The smallest absolute Gasteiger partial charge is 0.399 e. The Morgan fingerprint density at radius 1 is 0.331 bits per heavy atom. The number of carbonyl (C=O) groups is 6. The molecule has 27 heteroatoms. The fourth-order valence-corrected chi connectivity index (χ4v) is 19.6. The number of hydrogen-bond donors (Lipinski definition) is 9. The minimum absolute atomic E-state index is 0.000128. The zero-order valence-corrected chi connectivity index (χ0v) is 93.2. The second-order valence-corrected chi connectivity index (χ2v) is 49.1. The molecule has 0 bridgehead atoms. The number of anilines is 6. The Morgan fingerprint density at radius 2 is 0.641 bits per heavy atom. The number of rotatable bonds is 23. The Bertz CT molecular complexity index is 6730. The maximum Gasteiger partial charge on any atom is 0.416 e. The van der Waals surface area contributed by atoms with Crippen LogP contribution in [0.5, 0.6) is 0 Å². The van der Waals surface area contributed by atoms with Gasteiger partial charge in [0.1, 0.15) is 0 Å². The number of nitrogens with one attached hydrogen (secondary N) is 3. The number of thiophene rings is 3. The largest absolute Gasteiger partial charge is 0.416 e. The first kappa shape index (κ1) is 120. The topological polar surface area (TPSA) is 329 Å². The zero-order chi connectivity index (χ0) is 108. The van der Waals surface area contributed by atoms with Crippen molar-refractivity contribution in [1.82, 2.24) is 15.4 Å². The number of halogens is 6. The van der Waals surface area contributed by atoms with Crippen LogP contribution in [0, 0.1) is 6.92 Å². The molecule has 10 aromatic carbocycles. The fraction of sp³-hybridized carbons (Fsp3) is 0.339. The van der Waals surface area contributed by atoms with Crippen molar-refractivity contribution in [2.45, 2.75) is 266 Å². The van der Waals surface area contributed by atoms with E-state index in [1.165, 1.54) is 51.7 Å². The van der Waals surface area contributed by atoms with Gasteiger partial charge in [0.15, 0.2) is 23.1 Å². The lowest BCUT2D eigenvalue weighted by molar-refractivity contribution is -0.138. The van der Waals surface area contributed by atoms with Gasteiger partial charge in [-0.05, 0) is 241 Å². The first-order valence-corrected chi connectivity index (χ1v) is 52.9. The fourth-order valence-electron chi connectivity index (χ4n) is 14.7. The van der Waals surface area contributed by atoms with E-state index in [2.05, 4.69) is 140 Å². The van der Waals surface area contributed by atoms with Crippen molar-refractivity contribution in [2.75, 3.05) is 34.4 Å². The number of Topliss-reactive ketones (excluding diaryl/α,β-unsaturated/α-hetero) is 4. The van der Waals surface area contributed by atoms with Gasteiger partial charge in [-0.1, -0.05) is 320 Å². The molecule has 3 aromatic heterocycles. The van der Waals surface area contributed by atoms with Crippen LogP contribution in [-0.4, -0.2) is 43.4 Å². The van der Waals surface area contributed by atoms with Crippen LogP contribution in [0.15, 0.2) is 254 Å². The molecule has 3 heterocycles. The van der Waals surface area contributed by atoms with Gasteiger partial charge in [0.25, 0.3) is 11.8 Å². The quantitative estimate of drug-likeness (QED) is 0.0212. The van der Waals surface area contributed by atoms with Crippen LogP contribution in [0.3, 0.4) is 0 Å². The first-order chi connectivity index (χ1) is 67.2. The molecule has 0 unspecified atom stereocenters. The normalized spacial score (nSPS) is 11.7. The summed E-state index contributed by atoms with van der Waals surface area (Å²) in [5, 5.41) is 7.71. The first-order valence-electron chi connectivity index (χ1n) is 47.8. The highest BCUT2D eigenvalue weighted by Crippen LogP contribution is 2.41. The highest BCUT2D eigenvalue weighted by molar-refractivity contribution is 7.89. The molecule has 0 aliphatic carbocycles.